The Balaban J connectivity index is 0.000000294. The minimum Gasteiger partial charge on any atom is -0.512 e. The number of carbonyl (C=O) groups excluding carboxylic acids is 1. The number of carbonyl (C=O) groups is 1. The first-order chi connectivity index (χ1) is 18.2. The Morgan fingerprint density at radius 3 is 2.15 bits per heavy atom. The number of allylic oxidation sites excluding steroid dienone is 2. The third-order valence-corrected chi connectivity index (χ3v) is 7.30. The topological polar surface area (TPSA) is 76.0 Å². The Morgan fingerprint density at radius 1 is 0.897 bits per heavy atom. The predicted octanol–water partition coefficient (Wildman–Crippen LogP) is 8.44. The van der Waals surface area contributed by atoms with Crippen LogP contribution in [-0.4, -0.2) is 26.3 Å². The Kier molecular flexibility index (Phi) is 12.4. The van der Waals surface area contributed by atoms with Gasteiger partial charge in [-0.3, -0.25) is 4.79 Å². The third-order valence-electron chi connectivity index (χ3n) is 7.30. The van der Waals surface area contributed by atoms with E-state index in [9.17, 15) is 9.90 Å². The fraction of sp³-hybridized carbons (Fsp3) is 0.394. The van der Waals surface area contributed by atoms with Crippen molar-refractivity contribution in [3.63, 3.8) is 0 Å². The van der Waals surface area contributed by atoms with E-state index in [0.29, 0.717) is 0 Å². The van der Waals surface area contributed by atoms with Crippen LogP contribution in [0, 0.1) is 38.7 Å². The van der Waals surface area contributed by atoms with Crippen molar-refractivity contribution in [1.29, 1.82) is 0 Å². The van der Waals surface area contributed by atoms with Crippen LogP contribution in [0.4, 0.5) is 0 Å². The van der Waals surface area contributed by atoms with Crippen molar-refractivity contribution in [1.82, 2.24) is 15.4 Å². The fourth-order valence-electron chi connectivity index (χ4n) is 4.99. The van der Waals surface area contributed by atoms with Crippen LogP contribution in [0.3, 0.4) is 0 Å². The minimum atomic E-state index is 0. The molecular weight excluding hydrogens is 663 g/mol. The van der Waals surface area contributed by atoms with Gasteiger partial charge in [-0.05, 0) is 54.3 Å². The molecule has 0 atom stereocenters. The van der Waals surface area contributed by atoms with Crippen LogP contribution in [-0.2, 0) is 24.9 Å². The Bertz CT molecular complexity index is 1420. The molecule has 0 aliphatic heterocycles. The van der Waals surface area contributed by atoms with Gasteiger partial charge in [-0.2, -0.15) is 5.10 Å². The second kappa shape index (κ2) is 15.0. The molecule has 1 radical (unpaired) electrons. The average Bonchev–Trinajstić information content (AvgIpc) is 2.90. The van der Waals surface area contributed by atoms with Gasteiger partial charge in [-0.1, -0.05) is 77.1 Å². The van der Waals surface area contributed by atoms with Crippen molar-refractivity contribution < 1.29 is 30.0 Å². The first-order valence-electron chi connectivity index (χ1n) is 13.7. The van der Waals surface area contributed by atoms with Gasteiger partial charge in [-0.15, -0.1) is 40.0 Å². The Hall–Kier alpha value is -2.95. The second-order valence-electron chi connectivity index (χ2n) is 10.0. The average molecular weight is 703 g/mol. The van der Waals surface area contributed by atoms with Crippen LogP contribution in [0.1, 0.15) is 70.1 Å². The number of benzene rings is 3. The zero-order valence-electron chi connectivity index (χ0n) is 24.1. The quantitative estimate of drug-likeness (QED) is 0.0864. The molecule has 39 heavy (non-hydrogen) atoms. The molecule has 0 unspecified atom stereocenters. The standard InChI is InChI=1S/C20H16N3.C13H24O2.Ir/c1-12-8-13(2)10-16(9-12)20-18-11-15-6-4-5-7-17(15)14(3)19(18)21-23-22-20;1-5-10(6-2)12(14)9-13(15)11(7-3)8-4;/h4-9,11H,1-3H3;9-11,14H,5-8H2,1-4H3;/q-1;;/b;12-9-;. The van der Waals surface area contributed by atoms with Gasteiger partial charge in [0.15, 0.2) is 5.78 Å². The molecule has 0 amide bonds. The number of rotatable bonds is 8. The number of nitrogens with zero attached hydrogens (tertiary/aromatic N) is 3. The molecule has 1 aromatic heterocycles. The first-order valence-corrected chi connectivity index (χ1v) is 13.7. The molecule has 4 rings (SSSR count). The summed E-state index contributed by atoms with van der Waals surface area (Å²) in [6.45, 7) is 14.3. The zero-order chi connectivity index (χ0) is 27.8. The maximum Gasteiger partial charge on any atom is 0.162 e. The van der Waals surface area contributed by atoms with Gasteiger partial charge in [0.1, 0.15) is 0 Å². The molecular formula is C33H40IrN3O2-. The molecule has 0 aliphatic carbocycles. The monoisotopic (exact) mass is 703 g/mol. The fourth-order valence-corrected chi connectivity index (χ4v) is 4.99. The predicted molar refractivity (Wildman–Crippen MR) is 157 cm³/mol. The van der Waals surface area contributed by atoms with Gasteiger partial charge >= 0.3 is 0 Å². The number of aryl methyl sites for hydroxylation is 3. The van der Waals surface area contributed by atoms with Crippen LogP contribution in [0.25, 0.3) is 32.9 Å². The smallest absolute Gasteiger partial charge is 0.162 e. The number of aliphatic hydroxyl groups is 1. The van der Waals surface area contributed by atoms with Crippen molar-refractivity contribution in [3.05, 3.63) is 77.1 Å². The van der Waals surface area contributed by atoms with Crippen molar-refractivity contribution in [2.45, 2.75) is 74.1 Å². The van der Waals surface area contributed by atoms with E-state index in [0.717, 1.165) is 59.0 Å². The van der Waals surface area contributed by atoms with E-state index < -0.39 is 0 Å². The summed E-state index contributed by atoms with van der Waals surface area (Å²) in [7, 11) is 0. The van der Waals surface area contributed by atoms with E-state index in [1.165, 1.54) is 22.4 Å². The number of ketones is 1. The molecule has 0 saturated carbocycles. The molecule has 4 aromatic rings. The molecule has 209 valence electrons. The molecule has 0 bridgehead atoms. The van der Waals surface area contributed by atoms with Gasteiger partial charge in [0, 0.05) is 43.7 Å². The van der Waals surface area contributed by atoms with Gasteiger partial charge in [0.05, 0.1) is 11.3 Å². The third kappa shape index (κ3) is 7.80. The van der Waals surface area contributed by atoms with Crippen molar-refractivity contribution >= 4 is 27.5 Å². The first kappa shape index (κ1) is 32.3. The maximum atomic E-state index is 11.7. The number of aromatic nitrogens is 3. The molecule has 1 heterocycles. The molecule has 3 aromatic carbocycles. The van der Waals surface area contributed by atoms with Crippen molar-refractivity contribution in [2.24, 2.45) is 11.8 Å². The van der Waals surface area contributed by atoms with Crippen LogP contribution in [0.2, 0.25) is 0 Å². The zero-order valence-corrected chi connectivity index (χ0v) is 26.5. The summed E-state index contributed by atoms with van der Waals surface area (Å²) in [5.74, 6) is 0.547. The van der Waals surface area contributed by atoms with Crippen LogP contribution in [0.5, 0.6) is 0 Å². The largest absolute Gasteiger partial charge is 0.512 e. The summed E-state index contributed by atoms with van der Waals surface area (Å²) < 4.78 is 0. The van der Waals surface area contributed by atoms with E-state index in [-0.39, 0.29) is 43.5 Å². The van der Waals surface area contributed by atoms with Crippen LogP contribution >= 0.6 is 0 Å². The van der Waals surface area contributed by atoms with Crippen LogP contribution in [0.15, 0.2) is 54.3 Å². The Morgan fingerprint density at radius 2 is 1.54 bits per heavy atom. The molecule has 0 spiro atoms. The summed E-state index contributed by atoms with van der Waals surface area (Å²) in [4.78, 5) is 11.7. The summed E-state index contributed by atoms with van der Waals surface area (Å²) >= 11 is 0. The normalized spacial score (nSPS) is 11.5. The molecule has 0 fully saturated rings. The van der Waals surface area contributed by atoms with Crippen LogP contribution < -0.4 is 0 Å². The van der Waals surface area contributed by atoms with E-state index >= 15 is 0 Å². The molecule has 5 nitrogen and oxygen atoms in total. The van der Waals surface area contributed by atoms with Gasteiger partial charge in [0.2, 0.25) is 0 Å². The number of hydrogen-bond donors (Lipinski definition) is 1. The van der Waals surface area contributed by atoms with Gasteiger partial charge in [-0.25, -0.2) is 0 Å². The number of fused-ring (bicyclic) bond motifs is 2. The number of aliphatic hydroxyl groups excluding tert-OH is 1. The molecule has 0 aliphatic rings. The second-order valence-corrected chi connectivity index (χ2v) is 10.0. The summed E-state index contributed by atoms with van der Waals surface area (Å²) in [6, 6.07) is 18.1. The van der Waals surface area contributed by atoms with E-state index in [2.05, 4.69) is 71.7 Å². The van der Waals surface area contributed by atoms with E-state index in [4.69, 9.17) is 0 Å². The van der Waals surface area contributed by atoms with Crippen molar-refractivity contribution in [2.75, 3.05) is 0 Å². The summed E-state index contributed by atoms with van der Waals surface area (Å²) in [5, 5.41) is 25.8. The van der Waals surface area contributed by atoms with E-state index in [1.807, 2.05) is 40.7 Å². The minimum absolute atomic E-state index is 0. The van der Waals surface area contributed by atoms with Crippen molar-refractivity contribution in [3.8, 4) is 11.3 Å². The molecule has 6 heteroatoms. The van der Waals surface area contributed by atoms with E-state index in [1.54, 1.807) is 0 Å². The summed E-state index contributed by atoms with van der Waals surface area (Å²) in [6.07, 6.45) is 4.91. The molecule has 0 saturated heterocycles. The maximum absolute atomic E-state index is 11.7. The Labute approximate surface area is 246 Å². The summed E-state index contributed by atoms with van der Waals surface area (Å²) in [5.41, 5.74) is 6.15. The SMILES string of the molecule is CCC(CC)C(=O)/C=C(\O)C(CC)CC.Cc1[c-]c(-c2nnnc3c(C)c4ccccc4cc23)cc(C)c1.[Ir]. The molecule has 1 N–H and O–H groups in total. The van der Waals surface area contributed by atoms with Gasteiger partial charge in [0.25, 0.3) is 0 Å². The number of hydrogen-bond acceptors (Lipinski definition) is 5. The van der Waals surface area contributed by atoms with Gasteiger partial charge < -0.3 is 5.11 Å².